The normalized spacial score (nSPS) is 11.7. The summed E-state index contributed by atoms with van der Waals surface area (Å²) in [6.07, 6.45) is 2.06. The zero-order valence-electron chi connectivity index (χ0n) is 14.0. The number of esters is 1. The summed E-state index contributed by atoms with van der Waals surface area (Å²) in [6.45, 7) is 3.99. The van der Waals surface area contributed by atoms with E-state index in [1.807, 2.05) is 48.2 Å². The Labute approximate surface area is 157 Å². The smallest absolute Gasteiger partial charge is 0.330 e. The Balaban J connectivity index is 1.80. The van der Waals surface area contributed by atoms with Crippen molar-refractivity contribution in [2.45, 2.75) is 21.6 Å². The van der Waals surface area contributed by atoms with Crippen LogP contribution in [0.2, 0.25) is 0 Å². The van der Waals surface area contributed by atoms with E-state index >= 15 is 0 Å². The Bertz CT molecular complexity index is 632. The second-order valence-electron chi connectivity index (χ2n) is 5.05. The summed E-state index contributed by atoms with van der Waals surface area (Å²) in [6, 6.07) is 20.5. The third-order valence-corrected chi connectivity index (χ3v) is 5.40. The predicted molar refractivity (Wildman–Crippen MR) is 105 cm³/mol. The average Bonchev–Trinajstić information content (AvgIpc) is 2.66. The predicted octanol–water partition coefficient (Wildman–Crippen LogP) is 5.03. The number of hydrogen-bond acceptors (Lipinski definition) is 5. The van der Waals surface area contributed by atoms with Gasteiger partial charge in [0.05, 0.1) is 6.61 Å². The van der Waals surface area contributed by atoms with Gasteiger partial charge in [0, 0.05) is 21.6 Å². The summed E-state index contributed by atoms with van der Waals surface area (Å²) in [4.78, 5) is 13.5. The van der Waals surface area contributed by atoms with Gasteiger partial charge < -0.3 is 9.47 Å². The van der Waals surface area contributed by atoms with Crippen LogP contribution in [0.4, 0.5) is 0 Å². The summed E-state index contributed by atoms with van der Waals surface area (Å²) >= 11 is 3.51. The van der Waals surface area contributed by atoms with Crippen LogP contribution in [0.15, 0.2) is 83.1 Å². The number of carbonyl (C=O) groups is 1. The molecule has 132 valence electrons. The van der Waals surface area contributed by atoms with E-state index in [1.165, 1.54) is 9.79 Å². The average molecular weight is 375 g/mol. The van der Waals surface area contributed by atoms with E-state index in [4.69, 9.17) is 9.47 Å². The Hall–Kier alpha value is -1.69. The minimum Gasteiger partial charge on any atom is -0.460 e. The van der Waals surface area contributed by atoms with Crippen LogP contribution in [0, 0.1) is 0 Å². The molecule has 0 radical (unpaired) electrons. The van der Waals surface area contributed by atoms with Crippen molar-refractivity contribution in [1.29, 1.82) is 0 Å². The van der Waals surface area contributed by atoms with Crippen LogP contribution < -0.4 is 0 Å². The Kier molecular flexibility index (Phi) is 9.26. The van der Waals surface area contributed by atoms with Crippen molar-refractivity contribution in [3.05, 3.63) is 73.3 Å². The largest absolute Gasteiger partial charge is 0.460 e. The fraction of sp³-hybridized carbons (Fsp3) is 0.250. The molecule has 2 aromatic carbocycles. The number of hydrogen-bond donors (Lipinski definition) is 0. The summed E-state index contributed by atoms with van der Waals surface area (Å²) in [5.74, 6) is 0.538. The molecule has 0 aliphatic rings. The van der Waals surface area contributed by atoms with Crippen molar-refractivity contribution in [3.8, 4) is 0 Å². The Morgan fingerprint density at radius 3 is 2.28 bits per heavy atom. The first kappa shape index (κ1) is 19.6. The van der Waals surface area contributed by atoms with E-state index in [-0.39, 0.29) is 12.0 Å². The van der Waals surface area contributed by atoms with Crippen LogP contribution in [0.5, 0.6) is 0 Å². The molecule has 2 rings (SSSR count). The molecule has 25 heavy (non-hydrogen) atoms. The van der Waals surface area contributed by atoms with Gasteiger partial charge in [0.15, 0.2) is 0 Å². The molecule has 5 heteroatoms. The lowest BCUT2D eigenvalue weighted by atomic mass is 10.4. The van der Waals surface area contributed by atoms with Crippen LogP contribution in [0.25, 0.3) is 0 Å². The van der Waals surface area contributed by atoms with Crippen molar-refractivity contribution in [2.75, 3.05) is 19.0 Å². The van der Waals surface area contributed by atoms with Gasteiger partial charge in [-0.25, -0.2) is 4.79 Å². The fourth-order valence-corrected chi connectivity index (χ4v) is 4.08. The van der Waals surface area contributed by atoms with Gasteiger partial charge in [-0.2, -0.15) is 0 Å². The first-order chi connectivity index (χ1) is 12.3. The van der Waals surface area contributed by atoms with Crippen LogP contribution in [-0.2, 0) is 14.3 Å². The topological polar surface area (TPSA) is 35.5 Å². The molecule has 0 heterocycles. The monoisotopic (exact) mass is 374 g/mol. The molecule has 0 aliphatic carbocycles. The number of carbonyl (C=O) groups excluding carboxylic acids is 1. The molecule has 0 N–H and O–H groups in total. The van der Waals surface area contributed by atoms with Gasteiger partial charge in [0.1, 0.15) is 12.0 Å². The highest BCUT2D eigenvalue weighted by molar-refractivity contribution is 8.00. The van der Waals surface area contributed by atoms with Crippen molar-refractivity contribution in [3.63, 3.8) is 0 Å². The molecule has 1 unspecified atom stereocenters. The van der Waals surface area contributed by atoms with Gasteiger partial charge in [-0.05, 0) is 30.7 Å². The molecule has 0 spiro atoms. The molecule has 0 saturated heterocycles. The van der Waals surface area contributed by atoms with Crippen molar-refractivity contribution in [1.82, 2.24) is 0 Å². The zero-order chi connectivity index (χ0) is 17.7. The van der Waals surface area contributed by atoms with E-state index in [0.717, 1.165) is 18.2 Å². The lowest BCUT2D eigenvalue weighted by molar-refractivity contribution is -0.139. The van der Waals surface area contributed by atoms with Crippen molar-refractivity contribution < 1.29 is 14.3 Å². The van der Waals surface area contributed by atoms with E-state index in [1.54, 1.807) is 11.8 Å². The maximum atomic E-state index is 11.1. The fourth-order valence-electron chi connectivity index (χ4n) is 2.00. The molecule has 0 aliphatic heterocycles. The second-order valence-corrected chi connectivity index (χ2v) is 7.45. The molecule has 0 aromatic heterocycles. The number of rotatable bonds is 11. The van der Waals surface area contributed by atoms with Crippen molar-refractivity contribution in [2.24, 2.45) is 0 Å². The van der Waals surface area contributed by atoms with Gasteiger partial charge in [-0.15, -0.1) is 11.8 Å². The van der Waals surface area contributed by atoms with Gasteiger partial charge in [-0.3, -0.25) is 0 Å². The molecule has 0 saturated carbocycles. The minimum absolute atomic E-state index is 0.0149. The second kappa shape index (κ2) is 11.8. The van der Waals surface area contributed by atoms with Crippen LogP contribution in [0.3, 0.4) is 0 Å². The van der Waals surface area contributed by atoms with E-state index in [2.05, 4.69) is 30.8 Å². The molecule has 3 nitrogen and oxygen atoms in total. The van der Waals surface area contributed by atoms with Gasteiger partial charge >= 0.3 is 5.97 Å². The zero-order valence-corrected chi connectivity index (χ0v) is 15.6. The van der Waals surface area contributed by atoms with Crippen LogP contribution in [-0.4, -0.2) is 30.4 Å². The van der Waals surface area contributed by atoms with E-state index in [9.17, 15) is 4.79 Å². The number of benzene rings is 2. The van der Waals surface area contributed by atoms with Crippen LogP contribution in [0.1, 0.15) is 6.42 Å². The van der Waals surface area contributed by atoms with E-state index < -0.39 is 5.97 Å². The SMILES string of the molecule is C=CC(=O)OCCOC(CCSc1ccccc1)Sc1ccccc1. The molecular formula is C20H22O3S2. The third-order valence-electron chi connectivity index (χ3n) is 3.17. The highest BCUT2D eigenvalue weighted by Gasteiger charge is 2.12. The van der Waals surface area contributed by atoms with Crippen LogP contribution >= 0.6 is 23.5 Å². The summed E-state index contributed by atoms with van der Waals surface area (Å²) < 4.78 is 10.9. The van der Waals surface area contributed by atoms with Gasteiger partial charge in [-0.1, -0.05) is 54.7 Å². The maximum Gasteiger partial charge on any atom is 0.330 e. The van der Waals surface area contributed by atoms with Gasteiger partial charge in [0.25, 0.3) is 0 Å². The lowest BCUT2D eigenvalue weighted by Gasteiger charge is -2.17. The summed E-state index contributed by atoms with van der Waals surface area (Å²) in [5, 5.41) is 0. The highest BCUT2D eigenvalue weighted by atomic mass is 32.2. The standard InChI is InChI=1S/C20H22O3S2/c1-2-19(21)22-14-15-23-20(25-18-11-7-4-8-12-18)13-16-24-17-9-5-3-6-10-17/h2-12,20H,1,13-16H2. The summed E-state index contributed by atoms with van der Waals surface area (Å²) in [7, 11) is 0. The summed E-state index contributed by atoms with van der Waals surface area (Å²) in [5.41, 5.74) is 0.0149. The number of thioether (sulfide) groups is 2. The third kappa shape index (κ3) is 8.29. The molecule has 0 amide bonds. The molecule has 0 fully saturated rings. The van der Waals surface area contributed by atoms with Crippen molar-refractivity contribution >= 4 is 29.5 Å². The highest BCUT2D eigenvalue weighted by Crippen LogP contribution is 2.28. The van der Waals surface area contributed by atoms with Gasteiger partial charge in [0.2, 0.25) is 0 Å². The first-order valence-corrected chi connectivity index (χ1v) is 9.95. The molecule has 0 bridgehead atoms. The molecule has 1 atom stereocenters. The van der Waals surface area contributed by atoms with E-state index in [0.29, 0.717) is 6.61 Å². The molecular weight excluding hydrogens is 352 g/mol. The maximum absolute atomic E-state index is 11.1. The quantitative estimate of drug-likeness (QED) is 0.181. The Morgan fingerprint density at radius 2 is 1.64 bits per heavy atom. The first-order valence-electron chi connectivity index (χ1n) is 8.08. The lowest BCUT2D eigenvalue weighted by Crippen LogP contribution is -2.15. The molecule has 2 aromatic rings. The Morgan fingerprint density at radius 1 is 1.00 bits per heavy atom. The number of ether oxygens (including phenoxy) is 2. The minimum atomic E-state index is -0.421.